The van der Waals surface area contributed by atoms with Gasteiger partial charge in [0.25, 0.3) is 5.91 Å². The topological polar surface area (TPSA) is 95.5 Å². The van der Waals surface area contributed by atoms with E-state index in [2.05, 4.69) is 27.3 Å². The second-order valence-electron chi connectivity index (χ2n) is 9.04. The van der Waals surface area contributed by atoms with Gasteiger partial charge < -0.3 is 18.8 Å². The van der Waals surface area contributed by atoms with Crippen molar-refractivity contribution in [3.8, 4) is 28.8 Å². The fraction of sp³-hybridized carbons (Fsp3) is 0.241. The van der Waals surface area contributed by atoms with Crippen LogP contribution in [0, 0.1) is 6.92 Å². The zero-order chi connectivity index (χ0) is 28.1. The van der Waals surface area contributed by atoms with Gasteiger partial charge in [0.15, 0.2) is 22.4 Å². The molecular weight excluding hydrogens is 546 g/mol. The maximum atomic E-state index is 13.1. The first-order chi connectivity index (χ1) is 19.5. The minimum Gasteiger partial charge on any atom is -0.493 e. The summed E-state index contributed by atoms with van der Waals surface area (Å²) in [7, 11) is 5.01. The summed E-state index contributed by atoms with van der Waals surface area (Å²) in [6.45, 7) is 2.60. The molecule has 0 saturated heterocycles. The maximum Gasteiger partial charge on any atom is 0.273 e. The van der Waals surface area contributed by atoms with Crippen molar-refractivity contribution in [1.82, 2.24) is 24.6 Å². The first-order valence-electron chi connectivity index (χ1n) is 12.6. The highest BCUT2D eigenvalue weighted by molar-refractivity contribution is 7.98. The molecule has 9 nitrogen and oxygen atoms in total. The second kappa shape index (κ2) is 12.4. The van der Waals surface area contributed by atoms with Crippen molar-refractivity contribution >= 4 is 29.0 Å². The summed E-state index contributed by atoms with van der Waals surface area (Å²) >= 11 is 2.97. The molecule has 0 unspecified atom stereocenters. The van der Waals surface area contributed by atoms with Crippen LogP contribution in [-0.4, -0.2) is 58.4 Å². The van der Waals surface area contributed by atoms with Gasteiger partial charge in [-0.25, -0.2) is 4.98 Å². The summed E-state index contributed by atoms with van der Waals surface area (Å²) in [5, 5.41) is 12.2. The van der Waals surface area contributed by atoms with Crippen LogP contribution in [0.3, 0.4) is 0 Å². The van der Waals surface area contributed by atoms with E-state index in [1.165, 1.54) is 28.7 Å². The lowest BCUT2D eigenvalue weighted by atomic mass is 10.1. The standard InChI is InChI=1S/C29H29N5O4S2/c1-19-7-10-21(11-8-19)34-27(24-6-5-15-38-24)31-32-29(34)40-18-26-30-22(17-39-26)28(35)33(2)14-13-20-9-12-23(36-3)25(16-20)37-4/h5-12,15-17H,13-14,18H2,1-4H3. The number of hydrogen-bond acceptors (Lipinski definition) is 9. The molecule has 1 amide bonds. The third-order valence-electron chi connectivity index (χ3n) is 6.29. The van der Waals surface area contributed by atoms with E-state index < -0.39 is 0 Å². The number of carbonyl (C=O) groups is 1. The van der Waals surface area contributed by atoms with Gasteiger partial charge in [0, 0.05) is 24.7 Å². The fourth-order valence-electron chi connectivity index (χ4n) is 4.09. The molecule has 0 atom stereocenters. The number of nitrogens with zero attached hydrogens (tertiary/aromatic N) is 5. The van der Waals surface area contributed by atoms with E-state index in [0.717, 1.165) is 16.3 Å². The Balaban J connectivity index is 1.25. The average Bonchev–Trinajstić information content (AvgIpc) is 3.75. The normalized spacial score (nSPS) is 11.0. The van der Waals surface area contributed by atoms with E-state index >= 15 is 0 Å². The number of thiazole rings is 1. The highest BCUT2D eigenvalue weighted by Gasteiger charge is 2.20. The molecule has 40 heavy (non-hydrogen) atoms. The summed E-state index contributed by atoms with van der Waals surface area (Å²) in [4.78, 5) is 19.4. The van der Waals surface area contributed by atoms with Crippen LogP contribution in [-0.2, 0) is 12.2 Å². The number of furan rings is 1. The Kier molecular flexibility index (Phi) is 8.51. The van der Waals surface area contributed by atoms with E-state index in [0.29, 0.717) is 52.7 Å². The molecule has 11 heteroatoms. The van der Waals surface area contributed by atoms with Crippen LogP contribution in [0.1, 0.15) is 26.6 Å². The number of amides is 1. The van der Waals surface area contributed by atoms with Crippen LogP contribution < -0.4 is 9.47 Å². The van der Waals surface area contributed by atoms with Crippen LogP contribution in [0.25, 0.3) is 17.3 Å². The van der Waals surface area contributed by atoms with Gasteiger partial charge in [-0.15, -0.1) is 21.5 Å². The van der Waals surface area contributed by atoms with Crippen molar-refractivity contribution in [2.45, 2.75) is 24.3 Å². The number of aromatic nitrogens is 4. The molecule has 2 aromatic carbocycles. The average molecular weight is 576 g/mol. The number of rotatable bonds is 11. The molecule has 0 aliphatic carbocycles. The van der Waals surface area contributed by atoms with Crippen LogP contribution in [0.4, 0.5) is 0 Å². The quantitative estimate of drug-likeness (QED) is 0.179. The molecule has 5 aromatic rings. The molecule has 0 bridgehead atoms. The molecule has 0 N–H and O–H groups in total. The second-order valence-corrected chi connectivity index (χ2v) is 10.9. The Morgan fingerprint density at radius 1 is 1.07 bits per heavy atom. The van der Waals surface area contributed by atoms with Crippen molar-refractivity contribution in [1.29, 1.82) is 0 Å². The van der Waals surface area contributed by atoms with Gasteiger partial charge >= 0.3 is 0 Å². The predicted molar refractivity (Wildman–Crippen MR) is 156 cm³/mol. The van der Waals surface area contributed by atoms with E-state index in [4.69, 9.17) is 13.9 Å². The van der Waals surface area contributed by atoms with Gasteiger partial charge in [-0.1, -0.05) is 35.5 Å². The number of carbonyl (C=O) groups excluding carboxylic acids is 1. The van der Waals surface area contributed by atoms with E-state index in [1.807, 2.05) is 59.3 Å². The van der Waals surface area contributed by atoms with Gasteiger partial charge in [0.1, 0.15) is 10.7 Å². The zero-order valence-corrected chi connectivity index (χ0v) is 24.3. The lowest BCUT2D eigenvalue weighted by molar-refractivity contribution is 0.0791. The van der Waals surface area contributed by atoms with E-state index in [9.17, 15) is 4.79 Å². The summed E-state index contributed by atoms with van der Waals surface area (Å²) < 4.78 is 18.3. The molecule has 5 rings (SSSR count). The van der Waals surface area contributed by atoms with Gasteiger partial charge in [-0.2, -0.15) is 0 Å². The lowest BCUT2D eigenvalue weighted by Gasteiger charge is -2.16. The maximum absolute atomic E-state index is 13.1. The van der Waals surface area contributed by atoms with Crippen molar-refractivity contribution in [2.24, 2.45) is 0 Å². The van der Waals surface area contributed by atoms with Crippen molar-refractivity contribution < 1.29 is 18.7 Å². The summed E-state index contributed by atoms with van der Waals surface area (Å²) in [6.07, 6.45) is 2.30. The predicted octanol–water partition coefficient (Wildman–Crippen LogP) is 5.92. The number of aryl methyl sites for hydroxylation is 1. The van der Waals surface area contributed by atoms with E-state index in [1.54, 1.807) is 32.4 Å². The third-order valence-corrected chi connectivity index (χ3v) is 8.26. The molecule has 3 aromatic heterocycles. The molecule has 0 saturated carbocycles. The molecule has 0 aliphatic heterocycles. The summed E-state index contributed by atoms with van der Waals surface area (Å²) in [5.41, 5.74) is 3.60. The number of likely N-dealkylation sites (N-methyl/N-ethyl adjacent to an activating group) is 1. The largest absolute Gasteiger partial charge is 0.493 e. The summed E-state index contributed by atoms with van der Waals surface area (Å²) in [6, 6.07) is 17.6. The number of benzene rings is 2. The minimum atomic E-state index is -0.115. The highest BCUT2D eigenvalue weighted by atomic mass is 32.2. The summed E-state index contributed by atoms with van der Waals surface area (Å²) in [5.74, 6) is 3.05. The Morgan fingerprint density at radius 2 is 1.88 bits per heavy atom. The van der Waals surface area contributed by atoms with Gasteiger partial charge in [-0.05, 0) is 55.3 Å². The number of thioether (sulfide) groups is 1. The monoisotopic (exact) mass is 575 g/mol. The lowest BCUT2D eigenvalue weighted by Crippen LogP contribution is -2.29. The molecule has 0 radical (unpaired) electrons. The van der Waals surface area contributed by atoms with Crippen LogP contribution >= 0.6 is 23.1 Å². The van der Waals surface area contributed by atoms with Crippen molar-refractivity contribution in [3.05, 3.63) is 88.1 Å². The fourth-order valence-corrected chi connectivity index (χ4v) is 5.82. The van der Waals surface area contributed by atoms with Gasteiger partial charge in [0.2, 0.25) is 5.82 Å². The molecular formula is C29H29N5O4S2. The molecule has 0 spiro atoms. The smallest absolute Gasteiger partial charge is 0.273 e. The Morgan fingerprint density at radius 3 is 2.60 bits per heavy atom. The Labute approximate surface area is 240 Å². The third kappa shape index (κ3) is 6.05. The number of hydrogen-bond donors (Lipinski definition) is 0. The van der Waals surface area contributed by atoms with Gasteiger partial charge in [0.05, 0.1) is 26.2 Å². The minimum absolute atomic E-state index is 0.115. The number of methoxy groups -OCH3 is 2. The zero-order valence-electron chi connectivity index (χ0n) is 22.7. The van der Waals surface area contributed by atoms with E-state index in [-0.39, 0.29) is 5.91 Å². The van der Waals surface area contributed by atoms with Crippen molar-refractivity contribution in [3.63, 3.8) is 0 Å². The molecule has 206 valence electrons. The van der Waals surface area contributed by atoms with Gasteiger partial charge in [-0.3, -0.25) is 9.36 Å². The Bertz CT molecular complexity index is 1580. The number of ether oxygens (including phenoxy) is 2. The SMILES string of the molecule is COc1ccc(CCN(C)C(=O)c2csc(CSc3nnc(-c4ccco4)n3-c3ccc(C)cc3)n2)cc1OC. The van der Waals surface area contributed by atoms with Crippen molar-refractivity contribution in [2.75, 3.05) is 27.8 Å². The highest BCUT2D eigenvalue weighted by Crippen LogP contribution is 2.31. The van der Waals surface area contributed by atoms with Crippen LogP contribution in [0.15, 0.2) is 75.8 Å². The van der Waals surface area contributed by atoms with Crippen LogP contribution in [0.2, 0.25) is 0 Å². The first-order valence-corrected chi connectivity index (χ1v) is 14.4. The molecule has 3 heterocycles. The molecule has 0 fully saturated rings. The van der Waals surface area contributed by atoms with Crippen LogP contribution in [0.5, 0.6) is 11.5 Å². The molecule has 0 aliphatic rings. The first kappa shape index (κ1) is 27.5. The Hall–Kier alpha value is -4.09.